The van der Waals surface area contributed by atoms with Gasteiger partial charge in [0.1, 0.15) is 5.82 Å². The van der Waals surface area contributed by atoms with Crippen molar-refractivity contribution in [3.63, 3.8) is 0 Å². The number of halogens is 1. The Balaban J connectivity index is 2.15. The van der Waals surface area contributed by atoms with Crippen LogP contribution in [0.4, 0.5) is 5.82 Å². The Morgan fingerprint density at radius 2 is 2.45 bits per heavy atom. The second-order valence-electron chi connectivity index (χ2n) is 4.85. The van der Waals surface area contributed by atoms with Crippen molar-refractivity contribution in [1.82, 2.24) is 4.98 Å². The van der Waals surface area contributed by atoms with Crippen LogP contribution in [0.1, 0.15) is 24.8 Å². The number of aromatic nitrogens is 1. The van der Waals surface area contributed by atoms with Gasteiger partial charge in [-0.15, -0.1) is 0 Å². The molecule has 0 saturated carbocycles. The summed E-state index contributed by atoms with van der Waals surface area (Å²) in [5, 5.41) is 12.1. The molecule has 2 rings (SSSR count). The van der Waals surface area contributed by atoms with Crippen LogP contribution >= 0.6 is 11.6 Å². The fourth-order valence-corrected chi connectivity index (χ4v) is 2.65. The SMILES string of the molecule is CN(CC1CCCCO1)c1nccc(/C(N)=N/O)c1Cl. The van der Waals surface area contributed by atoms with E-state index in [0.29, 0.717) is 22.9 Å². The van der Waals surface area contributed by atoms with E-state index in [1.165, 1.54) is 6.42 Å². The highest BCUT2D eigenvalue weighted by molar-refractivity contribution is 6.36. The largest absolute Gasteiger partial charge is 0.409 e. The summed E-state index contributed by atoms with van der Waals surface area (Å²) in [7, 11) is 1.90. The molecule has 0 aromatic carbocycles. The standard InChI is InChI=1S/C13H19ClN4O2/c1-18(8-9-4-2-3-7-20-9)13-11(14)10(5-6-16-13)12(15)17-19/h5-6,9,19H,2-4,7-8H2,1H3,(H2,15,17). The molecule has 3 N–H and O–H groups in total. The van der Waals surface area contributed by atoms with Crippen molar-refractivity contribution < 1.29 is 9.94 Å². The number of likely N-dealkylation sites (N-methyl/N-ethyl adjacent to an activating group) is 1. The first-order valence-corrected chi connectivity index (χ1v) is 6.96. The zero-order chi connectivity index (χ0) is 14.5. The third kappa shape index (κ3) is 3.32. The Bertz CT molecular complexity index is 489. The number of hydrogen-bond donors (Lipinski definition) is 2. The summed E-state index contributed by atoms with van der Waals surface area (Å²) in [5.74, 6) is 0.575. The van der Waals surface area contributed by atoms with Crippen molar-refractivity contribution in [1.29, 1.82) is 0 Å². The van der Waals surface area contributed by atoms with Crippen LogP contribution in [0.3, 0.4) is 0 Å². The Kier molecular flexibility index (Phi) is 5.03. The third-order valence-electron chi connectivity index (χ3n) is 3.37. The van der Waals surface area contributed by atoms with Crippen molar-refractivity contribution in [2.45, 2.75) is 25.4 Å². The van der Waals surface area contributed by atoms with Crippen molar-refractivity contribution in [2.75, 3.05) is 25.1 Å². The average Bonchev–Trinajstić information content (AvgIpc) is 2.47. The summed E-state index contributed by atoms with van der Waals surface area (Å²) in [6.07, 6.45) is 5.13. The summed E-state index contributed by atoms with van der Waals surface area (Å²) >= 11 is 6.28. The number of pyridine rings is 1. The molecule has 1 saturated heterocycles. The van der Waals surface area contributed by atoms with Gasteiger partial charge in [0.05, 0.1) is 11.1 Å². The molecule has 6 nitrogen and oxygen atoms in total. The molecule has 0 bridgehead atoms. The maximum Gasteiger partial charge on any atom is 0.171 e. The number of anilines is 1. The second-order valence-corrected chi connectivity index (χ2v) is 5.23. The van der Waals surface area contributed by atoms with E-state index in [2.05, 4.69) is 10.1 Å². The first-order chi connectivity index (χ1) is 9.63. The minimum absolute atomic E-state index is 0.0269. The van der Waals surface area contributed by atoms with Crippen LogP contribution in [0, 0.1) is 0 Å². The molecule has 2 heterocycles. The van der Waals surface area contributed by atoms with Crippen molar-refractivity contribution >= 4 is 23.3 Å². The van der Waals surface area contributed by atoms with Gasteiger partial charge in [-0.2, -0.15) is 0 Å². The highest BCUT2D eigenvalue weighted by Crippen LogP contribution is 2.27. The van der Waals surface area contributed by atoms with Gasteiger partial charge in [-0.25, -0.2) is 4.98 Å². The number of nitrogens with two attached hydrogens (primary N) is 1. The first-order valence-electron chi connectivity index (χ1n) is 6.58. The van der Waals surface area contributed by atoms with Crippen LogP contribution in [0.25, 0.3) is 0 Å². The topological polar surface area (TPSA) is 84.0 Å². The van der Waals surface area contributed by atoms with E-state index in [9.17, 15) is 0 Å². The van der Waals surface area contributed by atoms with Crippen LogP contribution in [0.5, 0.6) is 0 Å². The highest BCUT2D eigenvalue weighted by atomic mass is 35.5. The summed E-state index contributed by atoms with van der Waals surface area (Å²) in [4.78, 5) is 6.20. The highest BCUT2D eigenvalue weighted by Gasteiger charge is 2.19. The summed E-state index contributed by atoms with van der Waals surface area (Å²) in [5.41, 5.74) is 6.06. The predicted octanol–water partition coefficient (Wildman–Crippen LogP) is 1.83. The average molecular weight is 299 g/mol. The van der Waals surface area contributed by atoms with Crippen LogP contribution in [-0.2, 0) is 4.74 Å². The lowest BCUT2D eigenvalue weighted by molar-refractivity contribution is 0.0215. The van der Waals surface area contributed by atoms with Gasteiger partial charge in [0.25, 0.3) is 0 Å². The lowest BCUT2D eigenvalue weighted by Gasteiger charge is -2.28. The number of amidine groups is 1. The number of nitrogens with zero attached hydrogens (tertiary/aromatic N) is 3. The van der Waals surface area contributed by atoms with Gasteiger partial charge in [0.2, 0.25) is 0 Å². The van der Waals surface area contributed by atoms with Crippen molar-refractivity contribution in [3.8, 4) is 0 Å². The first kappa shape index (κ1) is 14.9. The molecule has 20 heavy (non-hydrogen) atoms. The molecular weight excluding hydrogens is 280 g/mol. The minimum Gasteiger partial charge on any atom is -0.409 e. The predicted molar refractivity (Wildman–Crippen MR) is 78.6 cm³/mol. The quantitative estimate of drug-likeness (QED) is 0.383. The van der Waals surface area contributed by atoms with Crippen LogP contribution < -0.4 is 10.6 Å². The van der Waals surface area contributed by atoms with Gasteiger partial charge >= 0.3 is 0 Å². The zero-order valence-electron chi connectivity index (χ0n) is 11.4. The molecule has 110 valence electrons. The molecule has 1 aliphatic heterocycles. The van der Waals surface area contributed by atoms with E-state index >= 15 is 0 Å². The van der Waals surface area contributed by atoms with Crippen LogP contribution in [0.2, 0.25) is 5.02 Å². The van der Waals surface area contributed by atoms with E-state index in [1.54, 1.807) is 12.3 Å². The maximum absolute atomic E-state index is 8.75. The zero-order valence-corrected chi connectivity index (χ0v) is 12.2. The van der Waals surface area contributed by atoms with Crippen LogP contribution in [0.15, 0.2) is 17.4 Å². The fraction of sp³-hybridized carbons (Fsp3) is 0.538. The molecule has 0 radical (unpaired) electrons. The number of oxime groups is 1. The third-order valence-corrected chi connectivity index (χ3v) is 3.74. The van der Waals surface area contributed by atoms with E-state index in [0.717, 1.165) is 19.4 Å². The molecule has 0 spiro atoms. The van der Waals surface area contributed by atoms with Gasteiger partial charge in [0.15, 0.2) is 5.84 Å². The Labute approximate surface area is 123 Å². The fourth-order valence-electron chi connectivity index (χ4n) is 2.29. The lowest BCUT2D eigenvalue weighted by atomic mass is 10.1. The number of hydrogen-bond acceptors (Lipinski definition) is 5. The smallest absolute Gasteiger partial charge is 0.171 e. The van der Waals surface area contributed by atoms with E-state index in [1.807, 2.05) is 11.9 Å². The summed E-state index contributed by atoms with van der Waals surface area (Å²) < 4.78 is 5.71. The molecule has 1 aromatic heterocycles. The molecule has 1 fully saturated rings. The van der Waals surface area contributed by atoms with E-state index in [-0.39, 0.29) is 11.9 Å². The minimum atomic E-state index is -0.0269. The molecule has 0 amide bonds. The lowest BCUT2D eigenvalue weighted by Crippen LogP contribution is -2.34. The summed E-state index contributed by atoms with van der Waals surface area (Å²) in [6, 6.07) is 1.62. The monoisotopic (exact) mass is 298 g/mol. The van der Waals surface area contributed by atoms with Crippen LogP contribution in [-0.4, -0.2) is 42.3 Å². The molecular formula is C13H19ClN4O2. The Morgan fingerprint density at radius 3 is 3.10 bits per heavy atom. The Morgan fingerprint density at radius 1 is 1.65 bits per heavy atom. The van der Waals surface area contributed by atoms with Gasteiger partial charge in [-0.3, -0.25) is 0 Å². The van der Waals surface area contributed by atoms with Gasteiger partial charge in [-0.1, -0.05) is 16.8 Å². The van der Waals surface area contributed by atoms with Gasteiger partial charge in [-0.05, 0) is 25.3 Å². The normalized spacial score (nSPS) is 19.9. The van der Waals surface area contributed by atoms with Crippen molar-refractivity contribution in [2.24, 2.45) is 10.9 Å². The molecule has 1 atom stereocenters. The van der Waals surface area contributed by atoms with Crippen molar-refractivity contribution in [3.05, 3.63) is 22.8 Å². The molecule has 0 aliphatic carbocycles. The molecule has 7 heteroatoms. The van der Waals surface area contributed by atoms with Gasteiger partial charge < -0.3 is 20.6 Å². The number of ether oxygens (including phenoxy) is 1. The second kappa shape index (κ2) is 6.76. The number of rotatable bonds is 4. The molecule has 1 unspecified atom stereocenters. The maximum atomic E-state index is 8.75. The van der Waals surface area contributed by atoms with E-state index < -0.39 is 0 Å². The van der Waals surface area contributed by atoms with Gasteiger partial charge in [0, 0.05) is 32.0 Å². The Hall–Kier alpha value is -1.53. The molecule has 1 aromatic rings. The van der Waals surface area contributed by atoms with E-state index in [4.69, 9.17) is 27.3 Å². The molecule has 1 aliphatic rings. The summed E-state index contributed by atoms with van der Waals surface area (Å²) in [6.45, 7) is 1.52.